The fourth-order valence-electron chi connectivity index (χ4n) is 1.04. The first-order valence-electron chi connectivity index (χ1n) is 3.63. The molecular weight excluding hydrogens is 175 g/mol. The van der Waals surface area contributed by atoms with Gasteiger partial charge < -0.3 is 9.84 Å². The third kappa shape index (κ3) is 1.77. The van der Waals surface area contributed by atoms with Crippen molar-refractivity contribution >= 4 is 5.97 Å². The zero-order valence-corrected chi connectivity index (χ0v) is 7.30. The van der Waals surface area contributed by atoms with E-state index < -0.39 is 11.8 Å². The Labute approximate surface area is 74.8 Å². The molecule has 0 saturated heterocycles. The predicted octanol–water partition coefficient (Wildman–Crippen LogP) is 1.84. The van der Waals surface area contributed by atoms with Crippen LogP contribution in [0.5, 0.6) is 5.75 Å². The minimum Gasteiger partial charge on any atom is -0.494 e. The third-order valence-corrected chi connectivity index (χ3v) is 1.63. The number of hydrogen-bond acceptors (Lipinski definition) is 2. The lowest BCUT2D eigenvalue weighted by Gasteiger charge is -2.05. The first-order valence-corrected chi connectivity index (χ1v) is 3.63. The van der Waals surface area contributed by atoms with Crippen LogP contribution in [0.25, 0.3) is 0 Å². The van der Waals surface area contributed by atoms with Gasteiger partial charge in [-0.1, -0.05) is 0 Å². The maximum Gasteiger partial charge on any atom is 0.338 e. The van der Waals surface area contributed by atoms with E-state index in [0.717, 1.165) is 0 Å². The Morgan fingerprint density at radius 3 is 2.62 bits per heavy atom. The number of rotatable bonds is 2. The molecule has 1 aromatic carbocycles. The summed E-state index contributed by atoms with van der Waals surface area (Å²) in [7, 11) is 1.30. The number of carboxylic acids is 1. The molecule has 1 N–H and O–H groups in total. The molecule has 0 atom stereocenters. The zero-order chi connectivity index (χ0) is 10.0. The molecule has 0 aliphatic heterocycles. The fraction of sp³-hybridized carbons (Fsp3) is 0.222. The van der Waals surface area contributed by atoms with Gasteiger partial charge in [-0.25, -0.2) is 9.18 Å². The molecule has 1 rings (SSSR count). The van der Waals surface area contributed by atoms with Crippen LogP contribution in [0.4, 0.5) is 4.39 Å². The molecule has 13 heavy (non-hydrogen) atoms. The monoisotopic (exact) mass is 184 g/mol. The Kier molecular flexibility index (Phi) is 2.51. The van der Waals surface area contributed by atoms with Gasteiger partial charge in [-0.2, -0.15) is 0 Å². The van der Waals surface area contributed by atoms with Crippen molar-refractivity contribution in [2.45, 2.75) is 6.92 Å². The average molecular weight is 184 g/mol. The molecule has 0 aromatic heterocycles. The van der Waals surface area contributed by atoms with Crippen molar-refractivity contribution in [3.8, 4) is 5.75 Å². The van der Waals surface area contributed by atoms with E-state index in [1.807, 2.05) is 0 Å². The number of methoxy groups -OCH3 is 1. The van der Waals surface area contributed by atoms with Crippen LogP contribution in [-0.2, 0) is 0 Å². The summed E-state index contributed by atoms with van der Waals surface area (Å²) in [6.45, 7) is 1.68. The van der Waals surface area contributed by atoms with Gasteiger partial charge in [-0.3, -0.25) is 0 Å². The molecule has 0 fully saturated rings. The number of hydrogen-bond donors (Lipinski definition) is 1. The fourth-order valence-corrected chi connectivity index (χ4v) is 1.04. The summed E-state index contributed by atoms with van der Waals surface area (Å²) in [5.74, 6) is -2.17. The Balaban J connectivity index is 3.35. The van der Waals surface area contributed by atoms with Gasteiger partial charge in [0.25, 0.3) is 0 Å². The van der Waals surface area contributed by atoms with E-state index in [0.29, 0.717) is 5.56 Å². The summed E-state index contributed by atoms with van der Waals surface area (Å²) >= 11 is 0. The standard InChI is InChI=1S/C9H9FO3/c1-5-3-6(9(11)12)8(10)7(4-5)13-2/h3-4H,1-2H3,(H,11,12). The van der Waals surface area contributed by atoms with Crippen molar-refractivity contribution in [3.05, 3.63) is 29.1 Å². The number of aromatic carboxylic acids is 1. The van der Waals surface area contributed by atoms with Gasteiger partial charge in [-0.05, 0) is 24.6 Å². The number of ether oxygens (including phenoxy) is 1. The Hall–Kier alpha value is -1.58. The highest BCUT2D eigenvalue weighted by Crippen LogP contribution is 2.22. The van der Waals surface area contributed by atoms with E-state index in [4.69, 9.17) is 5.11 Å². The number of benzene rings is 1. The highest BCUT2D eigenvalue weighted by atomic mass is 19.1. The minimum absolute atomic E-state index is 0.0441. The van der Waals surface area contributed by atoms with Crippen LogP contribution in [0, 0.1) is 12.7 Å². The van der Waals surface area contributed by atoms with E-state index in [1.54, 1.807) is 6.92 Å². The first kappa shape index (κ1) is 9.51. The molecule has 0 spiro atoms. The Bertz CT molecular complexity index is 347. The lowest BCUT2D eigenvalue weighted by Crippen LogP contribution is -2.03. The van der Waals surface area contributed by atoms with Gasteiger partial charge in [0.1, 0.15) is 0 Å². The van der Waals surface area contributed by atoms with E-state index in [9.17, 15) is 9.18 Å². The van der Waals surface area contributed by atoms with Crippen LogP contribution in [0.2, 0.25) is 0 Å². The van der Waals surface area contributed by atoms with Crippen LogP contribution >= 0.6 is 0 Å². The zero-order valence-electron chi connectivity index (χ0n) is 7.30. The second-order valence-electron chi connectivity index (χ2n) is 2.63. The molecule has 1 aromatic rings. The second-order valence-corrected chi connectivity index (χ2v) is 2.63. The van der Waals surface area contributed by atoms with Crippen molar-refractivity contribution in [3.63, 3.8) is 0 Å². The lowest BCUT2D eigenvalue weighted by molar-refractivity contribution is 0.0691. The Morgan fingerprint density at radius 1 is 1.54 bits per heavy atom. The summed E-state index contributed by atoms with van der Waals surface area (Å²) in [6.07, 6.45) is 0. The summed E-state index contributed by atoms with van der Waals surface area (Å²) in [4.78, 5) is 10.5. The van der Waals surface area contributed by atoms with Crippen LogP contribution in [0.3, 0.4) is 0 Å². The molecule has 0 unspecified atom stereocenters. The molecule has 70 valence electrons. The molecule has 0 heterocycles. The maximum absolute atomic E-state index is 13.2. The van der Waals surface area contributed by atoms with Gasteiger partial charge in [-0.15, -0.1) is 0 Å². The largest absolute Gasteiger partial charge is 0.494 e. The third-order valence-electron chi connectivity index (χ3n) is 1.63. The second kappa shape index (κ2) is 3.43. The van der Waals surface area contributed by atoms with Crippen molar-refractivity contribution in [1.82, 2.24) is 0 Å². The van der Waals surface area contributed by atoms with Gasteiger partial charge in [0, 0.05) is 0 Å². The molecular formula is C9H9FO3. The molecule has 0 bridgehead atoms. The van der Waals surface area contributed by atoms with Crippen LogP contribution in [0.15, 0.2) is 12.1 Å². The van der Waals surface area contributed by atoms with Crippen molar-refractivity contribution in [2.75, 3.05) is 7.11 Å². The van der Waals surface area contributed by atoms with Crippen molar-refractivity contribution in [2.24, 2.45) is 0 Å². The molecule has 4 heteroatoms. The summed E-state index contributed by atoms with van der Waals surface area (Å²) in [5, 5.41) is 8.61. The van der Waals surface area contributed by atoms with Crippen LogP contribution in [0.1, 0.15) is 15.9 Å². The highest BCUT2D eigenvalue weighted by Gasteiger charge is 2.15. The Morgan fingerprint density at radius 2 is 2.15 bits per heavy atom. The maximum atomic E-state index is 13.2. The summed E-state index contributed by atoms with van der Waals surface area (Å²) < 4.78 is 17.9. The number of halogens is 1. The number of aryl methyl sites for hydroxylation is 1. The van der Waals surface area contributed by atoms with Crippen molar-refractivity contribution in [1.29, 1.82) is 0 Å². The lowest BCUT2D eigenvalue weighted by atomic mass is 10.1. The molecule has 0 aliphatic rings. The topological polar surface area (TPSA) is 46.5 Å². The minimum atomic E-state index is -1.29. The van der Waals surface area contributed by atoms with Gasteiger partial charge in [0.2, 0.25) is 0 Å². The van der Waals surface area contributed by atoms with E-state index in [2.05, 4.69) is 4.74 Å². The van der Waals surface area contributed by atoms with E-state index in [1.165, 1.54) is 19.2 Å². The molecule has 0 saturated carbocycles. The first-order chi connectivity index (χ1) is 6.06. The van der Waals surface area contributed by atoms with E-state index in [-0.39, 0.29) is 11.3 Å². The average Bonchev–Trinajstić information content (AvgIpc) is 2.08. The summed E-state index contributed by atoms with van der Waals surface area (Å²) in [5.41, 5.74) is 0.285. The molecule has 3 nitrogen and oxygen atoms in total. The normalized spacial score (nSPS) is 9.77. The van der Waals surface area contributed by atoms with Crippen molar-refractivity contribution < 1.29 is 19.0 Å². The predicted molar refractivity (Wildman–Crippen MR) is 44.6 cm³/mol. The SMILES string of the molecule is COc1cc(C)cc(C(=O)O)c1F. The number of carbonyl (C=O) groups is 1. The summed E-state index contributed by atoms with van der Waals surface area (Å²) in [6, 6.07) is 2.71. The molecule has 0 aliphatic carbocycles. The smallest absolute Gasteiger partial charge is 0.338 e. The van der Waals surface area contributed by atoms with Gasteiger partial charge in [0.15, 0.2) is 11.6 Å². The van der Waals surface area contributed by atoms with Gasteiger partial charge in [0.05, 0.1) is 12.7 Å². The quantitative estimate of drug-likeness (QED) is 0.762. The molecule has 0 amide bonds. The van der Waals surface area contributed by atoms with Crippen LogP contribution < -0.4 is 4.74 Å². The number of carboxylic acid groups (broad SMARTS) is 1. The molecule has 0 radical (unpaired) electrons. The van der Waals surface area contributed by atoms with Gasteiger partial charge >= 0.3 is 5.97 Å². The highest BCUT2D eigenvalue weighted by molar-refractivity contribution is 5.88. The van der Waals surface area contributed by atoms with E-state index >= 15 is 0 Å². The van der Waals surface area contributed by atoms with Crippen LogP contribution in [-0.4, -0.2) is 18.2 Å².